The third-order valence-corrected chi connectivity index (χ3v) is 2.09. The van der Waals surface area contributed by atoms with Gasteiger partial charge < -0.3 is 15.6 Å². The minimum absolute atomic E-state index is 0.0641. The molecule has 0 aromatic heterocycles. The van der Waals surface area contributed by atoms with Crippen LogP contribution in [-0.4, -0.2) is 24.9 Å². The van der Waals surface area contributed by atoms with Gasteiger partial charge in [-0.15, -0.1) is 0 Å². The van der Waals surface area contributed by atoms with Crippen molar-refractivity contribution in [3.63, 3.8) is 0 Å². The van der Waals surface area contributed by atoms with Crippen LogP contribution in [0, 0.1) is 5.82 Å². The largest absolute Gasteiger partial charge is 0.396 e. The van der Waals surface area contributed by atoms with Gasteiger partial charge in [0.05, 0.1) is 6.10 Å². The summed E-state index contributed by atoms with van der Waals surface area (Å²) in [5.74, 6) is -0.308. The van der Waals surface area contributed by atoms with Gasteiger partial charge in [-0.2, -0.15) is 0 Å². The predicted molar refractivity (Wildman–Crippen MR) is 55.9 cm³/mol. The summed E-state index contributed by atoms with van der Waals surface area (Å²) >= 11 is 0. The fourth-order valence-corrected chi connectivity index (χ4v) is 1.31. The van der Waals surface area contributed by atoms with Gasteiger partial charge in [0.1, 0.15) is 5.82 Å². The number of rotatable bonds is 6. The number of hydrogen-bond acceptors (Lipinski definition) is 3. The van der Waals surface area contributed by atoms with Gasteiger partial charge >= 0.3 is 0 Å². The molecule has 15 heavy (non-hydrogen) atoms. The van der Waals surface area contributed by atoms with Crippen LogP contribution in [0.25, 0.3) is 0 Å². The Kier molecular flexibility index (Phi) is 5.25. The maximum absolute atomic E-state index is 13.4. The minimum Gasteiger partial charge on any atom is -0.396 e. The van der Waals surface area contributed by atoms with Crippen LogP contribution in [0.3, 0.4) is 0 Å². The average molecular weight is 213 g/mol. The Morgan fingerprint density at radius 2 is 2.13 bits per heavy atom. The summed E-state index contributed by atoms with van der Waals surface area (Å²) < 4.78 is 18.7. The van der Waals surface area contributed by atoms with Crippen molar-refractivity contribution in [1.29, 1.82) is 0 Å². The van der Waals surface area contributed by atoms with Crippen molar-refractivity contribution in [1.82, 2.24) is 0 Å². The molecule has 1 aromatic rings. The SMILES string of the molecule is NCC(OCCCO)c1ccccc1F. The van der Waals surface area contributed by atoms with Crippen LogP contribution in [0.5, 0.6) is 0 Å². The fourth-order valence-electron chi connectivity index (χ4n) is 1.31. The third-order valence-electron chi connectivity index (χ3n) is 2.09. The zero-order valence-electron chi connectivity index (χ0n) is 8.53. The lowest BCUT2D eigenvalue weighted by Crippen LogP contribution is -2.18. The standard InChI is InChI=1S/C11H16FNO2/c12-10-5-2-1-4-9(10)11(8-13)15-7-3-6-14/h1-2,4-5,11,14H,3,6-8,13H2. The molecule has 0 aliphatic rings. The van der Waals surface area contributed by atoms with Crippen molar-refractivity contribution in [2.24, 2.45) is 5.73 Å². The molecule has 1 rings (SSSR count). The topological polar surface area (TPSA) is 55.5 Å². The molecular formula is C11H16FNO2. The molecule has 0 aliphatic carbocycles. The number of benzene rings is 1. The maximum Gasteiger partial charge on any atom is 0.129 e. The quantitative estimate of drug-likeness (QED) is 0.699. The zero-order valence-corrected chi connectivity index (χ0v) is 8.53. The van der Waals surface area contributed by atoms with Gasteiger partial charge in [0.15, 0.2) is 0 Å². The van der Waals surface area contributed by atoms with Crippen molar-refractivity contribution in [3.8, 4) is 0 Å². The molecule has 0 aliphatic heterocycles. The zero-order chi connectivity index (χ0) is 11.1. The Morgan fingerprint density at radius 3 is 2.73 bits per heavy atom. The van der Waals surface area contributed by atoms with Gasteiger partial charge in [0, 0.05) is 25.3 Å². The fraction of sp³-hybridized carbons (Fsp3) is 0.455. The van der Waals surface area contributed by atoms with E-state index < -0.39 is 6.10 Å². The van der Waals surface area contributed by atoms with Crippen LogP contribution in [0.4, 0.5) is 4.39 Å². The molecule has 0 amide bonds. The summed E-state index contributed by atoms with van der Waals surface area (Å²) in [6.45, 7) is 0.674. The van der Waals surface area contributed by atoms with Crippen molar-refractivity contribution in [2.45, 2.75) is 12.5 Å². The molecule has 1 unspecified atom stereocenters. The van der Waals surface area contributed by atoms with E-state index in [0.29, 0.717) is 18.6 Å². The molecule has 1 aromatic carbocycles. The summed E-state index contributed by atoms with van der Waals surface area (Å²) in [6, 6.07) is 6.41. The van der Waals surface area contributed by atoms with E-state index in [-0.39, 0.29) is 19.0 Å². The molecule has 3 N–H and O–H groups in total. The Bertz CT molecular complexity index is 294. The van der Waals surface area contributed by atoms with Crippen LogP contribution in [0.1, 0.15) is 18.1 Å². The third kappa shape index (κ3) is 3.58. The van der Waals surface area contributed by atoms with E-state index in [1.807, 2.05) is 0 Å². The van der Waals surface area contributed by atoms with Crippen LogP contribution in [-0.2, 0) is 4.74 Å². The maximum atomic E-state index is 13.4. The number of aliphatic hydroxyl groups excluding tert-OH is 1. The highest BCUT2D eigenvalue weighted by Crippen LogP contribution is 2.19. The van der Waals surface area contributed by atoms with E-state index in [0.717, 1.165) is 0 Å². The Labute approximate surface area is 88.7 Å². The first-order valence-electron chi connectivity index (χ1n) is 4.96. The predicted octanol–water partition coefficient (Wildman–Crippen LogP) is 1.22. The van der Waals surface area contributed by atoms with Crippen molar-refractivity contribution < 1.29 is 14.2 Å². The van der Waals surface area contributed by atoms with E-state index in [1.54, 1.807) is 18.2 Å². The molecule has 0 spiro atoms. The molecule has 0 heterocycles. The smallest absolute Gasteiger partial charge is 0.129 e. The number of ether oxygens (including phenoxy) is 1. The first-order chi connectivity index (χ1) is 7.29. The van der Waals surface area contributed by atoms with Crippen molar-refractivity contribution in [3.05, 3.63) is 35.6 Å². The molecule has 0 fully saturated rings. The Balaban J connectivity index is 2.61. The number of hydrogen-bond donors (Lipinski definition) is 2. The van der Waals surface area contributed by atoms with Gasteiger partial charge in [-0.3, -0.25) is 0 Å². The summed E-state index contributed by atoms with van der Waals surface area (Å²) in [7, 11) is 0. The monoisotopic (exact) mass is 213 g/mol. The molecule has 0 saturated heterocycles. The Hall–Kier alpha value is -0.970. The molecule has 0 bridgehead atoms. The van der Waals surface area contributed by atoms with E-state index in [2.05, 4.69) is 0 Å². The summed E-state index contributed by atoms with van der Waals surface area (Å²) in [6.07, 6.45) is 0.100. The van der Waals surface area contributed by atoms with Crippen LogP contribution >= 0.6 is 0 Å². The van der Waals surface area contributed by atoms with Crippen molar-refractivity contribution >= 4 is 0 Å². The first kappa shape index (κ1) is 12.1. The summed E-state index contributed by atoms with van der Waals surface area (Å²) in [5, 5.41) is 8.59. The molecule has 84 valence electrons. The average Bonchev–Trinajstić information content (AvgIpc) is 2.26. The van der Waals surface area contributed by atoms with Gasteiger partial charge in [-0.25, -0.2) is 4.39 Å². The molecular weight excluding hydrogens is 197 g/mol. The number of halogens is 1. The van der Waals surface area contributed by atoms with E-state index in [4.69, 9.17) is 15.6 Å². The van der Waals surface area contributed by atoms with Crippen LogP contribution < -0.4 is 5.73 Å². The summed E-state index contributed by atoms with van der Waals surface area (Å²) in [5.41, 5.74) is 5.97. The van der Waals surface area contributed by atoms with E-state index >= 15 is 0 Å². The second-order valence-electron chi connectivity index (χ2n) is 3.19. The lowest BCUT2D eigenvalue weighted by molar-refractivity contribution is 0.0467. The van der Waals surface area contributed by atoms with Crippen molar-refractivity contribution in [2.75, 3.05) is 19.8 Å². The lowest BCUT2D eigenvalue weighted by atomic mass is 10.1. The van der Waals surface area contributed by atoms with Crippen LogP contribution in [0.15, 0.2) is 24.3 Å². The number of nitrogens with two attached hydrogens (primary N) is 1. The van der Waals surface area contributed by atoms with E-state index in [9.17, 15) is 4.39 Å². The highest BCUT2D eigenvalue weighted by atomic mass is 19.1. The molecule has 0 saturated carbocycles. The van der Waals surface area contributed by atoms with Crippen LogP contribution in [0.2, 0.25) is 0 Å². The van der Waals surface area contributed by atoms with Gasteiger partial charge in [-0.05, 0) is 12.5 Å². The highest BCUT2D eigenvalue weighted by molar-refractivity contribution is 5.20. The summed E-state index contributed by atoms with van der Waals surface area (Å²) in [4.78, 5) is 0. The normalized spacial score (nSPS) is 12.7. The van der Waals surface area contributed by atoms with E-state index in [1.165, 1.54) is 6.07 Å². The second kappa shape index (κ2) is 6.50. The Morgan fingerprint density at radius 1 is 1.40 bits per heavy atom. The highest BCUT2D eigenvalue weighted by Gasteiger charge is 2.13. The molecule has 4 heteroatoms. The lowest BCUT2D eigenvalue weighted by Gasteiger charge is -2.16. The van der Waals surface area contributed by atoms with Gasteiger partial charge in [0.2, 0.25) is 0 Å². The second-order valence-corrected chi connectivity index (χ2v) is 3.19. The molecule has 0 radical (unpaired) electrons. The minimum atomic E-state index is -0.433. The van der Waals surface area contributed by atoms with Gasteiger partial charge in [-0.1, -0.05) is 18.2 Å². The van der Waals surface area contributed by atoms with Gasteiger partial charge in [0.25, 0.3) is 0 Å². The first-order valence-corrected chi connectivity index (χ1v) is 4.96. The number of aliphatic hydroxyl groups is 1. The molecule has 1 atom stereocenters. The molecule has 3 nitrogen and oxygen atoms in total.